The van der Waals surface area contributed by atoms with Crippen LogP contribution < -0.4 is 14.8 Å². The Morgan fingerprint density at radius 2 is 1.63 bits per heavy atom. The molecule has 0 saturated heterocycles. The number of hydrogen-bond acceptors (Lipinski definition) is 7. The first kappa shape index (κ1) is 20.6. The van der Waals surface area contributed by atoms with Crippen LogP contribution in [-0.4, -0.2) is 35.7 Å². The van der Waals surface area contributed by atoms with E-state index in [1.807, 2.05) is 0 Å². The number of carbonyl (C=O) groups is 1. The molecule has 9 heteroatoms. The molecule has 0 atom stereocenters. The summed E-state index contributed by atoms with van der Waals surface area (Å²) in [6.07, 6.45) is 1.07. The number of anilines is 1. The molecule has 0 spiro atoms. The van der Waals surface area contributed by atoms with Crippen LogP contribution >= 0.6 is 11.6 Å². The van der Waals surface area contributed by atoms with E-state index in [4.69, 9.17) is 21.1 Å². The quantitative estimate of drug-likeness (QED) is 0.552. The second-order valence-electron chi connectivity index (χ2n) is 5.17. The zero-order valence-electron chi connectivity index (χ0n) is 14.9. The molecule has 0 aliphatic heterocycles. The van der Waals surface area contributed by atoms with Gasteiger partial charge in [0.2, 0.25) is 9.84 Å². The number of methoxy groups -OCH3 is 3. The van der Waals surface area contributed by atoms with Crippen molar-refractivity contribution in [3.05, 3.63) is 58.6 Å². The number of ether oxygens (including phenoxy) is 3. The maximum absolute atomic E-state index is 12.8. The highest BCUT2D eigenvalue weighted by molar-refractivity contribution is 7.96. The van der Waals surface area contributed by atoms with Crippen molar-refractivity contribution in [1.82, 2.24) is 0 Å². The van der Waals surface area contributed by atoms with E-state index in [1.54, 1.807) is 18.2 Å². The summed E-state index contributed by atoms with van der Waals surface area (Å²) in [7, 11) is -0.0437. The fraction of sp³-hybridized carbons (Fsp3) is 0.167. The number of carbonyl (C=O) groups excluding carboxylic acids is 1. The molecule has 2 rings (SSSR count). The second kappa shape index (κ2) is 8.79. The molecule has 27 heavy (non-hydrogen) atoms. The van der Waals surface area contributed by atoms with E-state index in [2.05, 4.69) is 10.1 Å². The normalized spacial score (nSPS) is 11.6. The molecule has 0 unspecified atom stereocenters. The van der Waals surface area contributed by atoms with Crippen molar-refractivity contribution in [2.45, 2.75) is 4.90 Å². The summed E-state index contributed by atoms with van der Waals surface area (Å²) >= 11 is 5.79. The molecule has 144 valence electrons. The van der Waals surface area contributed by atoms with Gasteiger partial charge >= 0.3 is 5.97 Å². The maximum atomic E-state index is 12.8. The minimum atomic E-state index is -4.12. The van der Waals surface area contributed by atoms with Crippen molar-refractivity contribution < 1.29 is 27.4 Å². The minimum absolute atomic E-state index is 0.0855. The molecule has 0 saturated carbocycles. The molecule has 7 nitrogen and oxygen atoms in total. The highest BCUT2D eigenvalue weighted by atomic mass is 35.5. The summed E-state index contributed by atoms with van der Waals surface area (Å²) in [6.45, 7) is 0. The number of esters is 1. The van der Waals surface area contributed by atoms with Crippen LogP contribution in [0.25, 0.3) is 0 Å². The Hall–Kier alpha value is -2.71. The molecule has 0 aliphatic rings. The van der Waals surface area contributed by atoms with Gasteiger partial charge in [0.05, 0.1) is 26.2 Å². The molecule has 0 fully saturated rings. The third-order valence-corrected chi connectivity index (χ3v) is 5.56. The van der Waals surface area contributed by atoms with Gasteiger partial charge in [0, 0.05) is 23.0 Å². The van der Waals surface area contributed by atoms with Crippen LogP contribution in [-0.2, 0) is 19.4 Å². The van der Waals surface area contributed by atoms with Gasteiger partial charge in [0.1, 0.15) is 0 Å². The van der Waals surface area contributed by atoms with Crippen LogP contribution in [0.1, 0.15) is 0 Å². The van der Waals surface area contributed by atoms with Gasteiger partial charge in [-0.15, -0.1) is 0 Å². The van der Waals surface area contributed by atoms with Crippen LogP contribution in [0.4, 0.5) is 5.69 Å². The predicted molar refractivity (Wildman–Crippen MR) is 102 cm³/mol. The summed E-state index contributed by atoms with van der Waals surface area (Å²) in [6, 6.07) is 10.3. The summed E-state index contributed by atoms with van der Waals surface area (Å²) in [5.74, 6) is -0.0528. The molecule has 1 N–H and O–H groups in total. The Kier molecular flexibility index (Phi) is 6.70. The van der Waals surface area contributed by atoms with E-state index in [0.29, 0.717) is 22.2 Å². The highest BCUT2D eigenvalue weighted by Gasteiger charge is 2.28. The van der Waals surface area contributed by atoms with Crippen molar-refractivity contribution >= 4 is 33.1 Å². The molecule has 2 aromatic carbocycles. The van der Waals surface area contributed by atoms with E-state index in [0.717, 1.165) is 13.3 Å². The molecule has 0 aromatic heterocycles. The number of benzene rings is 2. The summed E-state index contributed by atoms with van der Waals surface area (Å²) in [5.41, 5.74) is 0.486. The maximum Gasteiger partial charge on any atom is 0.351 e. The minimum Gasteiger partial charge on any atom is -0.493 e. The lowest BCUT2D eigenvalue weighted by atomic mass is 10.3. The molecule has 0 bridgehead atoms. The molecule has 0 aliphatic carbocycles. The van der Waals surface area contributed by atoms with E-state index in [9.17, 15) is 13.2 Å². The lowest BCUT2D eigenvalue weighted by Crippen LogP contribution is -2.17. The number of nitrogens with one attached hydrogen (secondary N) is 1. The van der Waals surface area contributed by atoms with Crippen LogP contribution in [0.3, 0.4) is 0 Å². The van der Waals surface area contributed by atoms with E-state index >= 15 is 0 Å². The van der Waals surface area contributed by atoms with Crippen LogP contribution in [0.15, 0.2) is 58.5 Å². The molecular weight excluding hydrogens is 394 g/mol. The SMILES string of the molecule is COC(=O)/C(=C/Nc1ccc(OC)c(OC)c1)S(=O)(=O)c1ccc(Cl)cc1. The summed E-state index contributed by atoms with van der Waals surface area (Å²) in [5, 5.41) is 3.15. The van der Waals surface area contributed by atoms with Gasteiger partial charge in [-0.2, -0.15) is 0 Å². The van der Waals surface area contributed by atoms with Gasteiger partial charge in [-0.05, 0) is 36.4 Å². The van der Waals surface area contributed by atoms with Crippen molar-refractivity contribution in [1.29, 1.82) is 0 Å². The van der Waals surface area contributed by atoms with Gasteiger partial charge < -0.3 is 19.5 Å². The van der Waals surface area contributed by atoms with Gasteiger partial charge in [-0.1, -0.05) is 11.6 Å². The third kappa shape index (κ3) is 4.72. The fourth-order valence-electron chi connectivity index (χ4n) is 2.16. The van der Waals surface area contributed by atoms with Crippen molar-refractivity contribution in [2.24, 2.45) is 0 Å². The highest BCUT2D eigenvalue weighted by Crippen LogP contribution is 2.30. The zero-order chi connectivity index (χ0) is 20.0. The predicted octanol–water partition coefficient (Wildman–Crippen LogP) is 3.26. The number of rotatable bonds is 7. The fourth-order valence-corrected chi connectivity index (χ4v) is 3.55. The Morgan fingerprint density at radius 1 is 1.00 bits per heavy atom. The zero-order valence-corrected chi connectivity index (χ0v) is 16.4. The average molecular weight is 412 g/mol. The van der Waals surface area contributed by atoms with Crippen molar-refractivity contribution in [3.8, 4) is 11.5 Å². The second-order valence-corrected chi connectivity index (χ2v) is 7.53. The first-order valence-electron chi connectivity index (χ1n) is 7.61. The van der Waals surface area contributed by atoms with E-state index in [1.165, 1.54) is 38.5 Å². The third-order valence-electron chi connectivity index (χ3n) is 3.55. The first-order valence-corrected chi connectivity index (χ1v) is 9.47. The topological polar surface area (TPSA) is 90.9 Å². The van der Waals surface area contributed by atoms with Crippen LogP contribution in [0.5, 0.6) is 11.5 Å². The molecule has 0 amide bonds. The molecule has 2 aromatic rings. The van der Waals surface area contributed by atoms with E-state index in [-0.39, 0.29) is 4.90 Å². The summed E-state index contributed by atoms with van der Waals surface area (Å²) in [4.78, 5) is 11.4. The van der Waals surface area contributed by atoms with Crippen molar-refractivity contribution in [2.75, 3.05) is 26.6 Å². The number of hydrogen-bond donors (Lipinski definition) is 1. The molecule has 0 radical (unpaired) electrons. The monoisotopic (exact) mass is 411 g/mol. The smallest absolute Gasteiger partial charge is 0.351 e. The van der Waals surface area contributed by atoms with Crippen LogP contribution in [0, 0.1) is 0 Å². The molecule has 0 heterocycles. The average Bonchev–Trinajstić information content (AvgIpc) is 2.67. The largest absolute Gasteiger partial charge is 0.493 e. The first-order chi connectivity index (χ1) is 12.8. The lowest BCUT2D eigenvalue weighted by Gasteiger charge is -2.11. The Morgan fingerprint density at radius 3 is 2.19 bits per heavy atom. The van der Waals surface area contributed by atoms with Gasteiger partial charge in [0.25, 0.3) is 0 Å². The number of halogens is 1. The van der Waals surface area contributed by atoms with Crippen LogP contribution in [0.2, 0.25) is 5.02 Å². The number of sulfone groups is 1. The summed E-state index contributed by atoms with van der Waals surface area (Å²) < 4.78 is 40.5. The Labute approximate surface area is 162 Å². The Bertz CT molecular complexity index is 954. The standard InChI is InChI=1S/C18H18ClNO6S/c1-24-15-9-6-13(10-16(15)25-2)20-11-17(18(21)26-3)27(22,23)14-7-4-12(19)5-8-14/h4-11,20H,1-3H3/b17-11-. The van der Waals surface area contributed by atoms with Gasteiger partial charge in [0.15, 0.2) is 16.4 Å². The van der Waals surface area contributed by atoms with Gasteiger partial charge in [-0.3, -0.25) is 0 Å². The van der Waals surface area contributed by atoms with E-state index < -0.39 is 20.7 Å². The molecular formula is C18H18ClNO6S. The van der Waals surface area contributed by atoms with Gasteiger partial charge in [-0.25, -0.2) is 13.2 Å². The van der Waals surface area contributed by atoms with Crippen molar-refractivity contribution in [3.63, 3.8) is 0 Å². The lowest BCUT2D eigenvalue weighted by molar-refractivity contribution is -0.135. The Balaban J connectivity index is 2.42.